The third-order valence-corrected chi connectivity index (χ3v) is 3.46. The highest BCUT2D eigenvalue weighted by atomic mass is 35.5. The summed E-state index contributed by atoms with van der Waals surface area (Å²) < 4.78 is 0. The maximum Gasteiger partial charge on any atom is 0.107 e. The second kappa shape index (κ2) is 4.56. The molecule has 1 saturated carbocycles. The summed E-state index contributed by atoms with van der Waals surface area (Å²) in [6.45, 7) is 0. The van der Waals surface area contributed by atoms with Gasteiger partial charge in [-0.25, -0.2) is 0 Å². The van der Waals surface area contributed by atoms with Crippen molar-refractivity contribution in [2.24, 2.45) is 4.99 Å². The summed E-state index contributed by atoms with van der Waals surface area (Å²) in [6.07, 6.45) is 3.76. The summed E-state index contributed by atoms with van der Waals surface area (Å²) >= 11 is 5.85. The number of rotatable bonds is 2. The smallest absolute Gasteiger partial charge is 0.107 e. The van der Waals surface area contributed by atoms with E-state index in [0.29, 0.717) is 5.02 Å². The molecule has 16 heavy (non-hydrogen) atoms. The minimum atomic E-state index is -0.734. The van der Waals surface area contributed by atoms with Crippen LogP contribution in [0, 0.1) is 0 Å². The maximum atomic E-state index is 10.5. The van der Waals surface area contributed by atoms with Gasteiger partial charge in [-0.1, -0.05) is 36.6 Å². The third-order valence-electron chi connectivity index (χ3n) is 3.21. The van der Waals surface area contributed by atoms with Crippen molar-refractivity contribution in [1.29, 1.82) is 0 Å². The number of hydrogen-bond acceptors (Lipinski definition) is 2. The largest absolute Gasteiger partial charge is 0.384 e. The lowest BCUT2D eigenvalue weighted by Crippen LogP contribution is -2.36. The summed E-state index contributed by atoms with van der Waals surface area (Å²) in [5.41, 5.74) is 1.03. The first-order valence-electron chi connectivity index (χ1n) is 5.61. The second-order valence-electron chi connectivity index (χ2n) is 4.32. The maximum absolute atomic E-state index is 10.5. The van der Waals surface area contributed by atoms with Crippen molar-refractivity contribution in [3.8, 4) is 0 Å². The summed E-state index contributed by atoms with van der Waals surface area (Å²) in [6, 6.07) is 7.50. The number of benzene rings is 1. The molecule has 1 fully saturated rings. The van der Waals surface area contributed by atoms with Crippen LogP contribution < -0.4 is 0 Å². The lowest BCUT2D eigenvalue weighted by Gasteiger charge is -2.24. The number of hydrogen-bond donors (Lipinski definition) is 1. The monoisotopic (exact) mass is 237 g/mol. The molecule has 1 aromatic carbocycles. The average molecular weight is 238 g/mol. The quantitative estimate of drug-likeness (QED) is 0.788. The van der Waals surface area contributed by atoms with Crippen LogP contribution in [-0.2, 0) is 0 Å². The van der Waals surface area contributed by atoms with Crippen LogP contribution in [0.15, 0.2) is 29.3 Å². The molecule has 1 aliphatic rings. The van der Waals surface area contributed by atoms with Gasteiger partial charge >= 0.3 is 0 Å². The molecule has 1 aliphatic carbocycles. The van der Waals surface area contributed by atoms with E-state index in [4.69, 9.17) is 11.6 Å². The lowest BCUT2D eigenvalue weighted by atomic mass is 9.90. The van der Waals surface area contributed by atoms with Crippen molar-refractivity contribution in [1.82, 2.24) is 0 Å². The van der Waals surface area contributed by atoms with Gasteiger partial charge in [0.2, 0.25) is 0 Å². The normalized spacial score (nSPS) is 20.1. The Labute approximate surface area is 101 Å². The Morgan fingerprint density at radius 2 is 1.81 bits per heavy atom. The molecular formula is C13H16ClNO. The fraction of sp³-hybridized carbons (Fsp3) is 0.462. The van der Waals surface area contributed by atoms with Crippen LogP contribution in [0.25, 0.3) is 0 Å². The van der Waals surface area contributed by atoms with Crippen LogP contribution in [0.3, 0.4) is 0 Å². The van der Waals surface area contributed by atoms with Gasteiger partial charge in [-0.3, -0.25) is 4.99 Å². The molecule has 0 amide bonds. The summed E-state index contributed by atoms with van der Waals surface area (Å²) in [5, 5.41) is 11.2. The molecule has 0 radical (unpaired) electrons. The van der Waals surface area contributed by atoms with E-state index in [1.807, 2.05) is 24.3 Å². The van der Waals surface area contributed by atoms with Crippen molar-refractivity contribution >= 4 is 17.3 Å². The van der Waals surface area contributed by atoms with Crippen molar-refractivity contribution in [3.63, 3.8) is 0 Å². The van der Waals surface area contributed by atoms with Gasteiger partial charge in [-0.2, -0.15) is 0 Å². The van der Waals surface area contributed by atoms with E-state index in [1.165, 1.54) is 0 Å². The summed E-state index contributed by atoms with van der Waals surface area (Å²) in [7, 11) is 1.74. The van der Waals surface area contributed by atoms with E-state index < -0.39 is 5.60 Å². The summed E-state index contributed by atoms with van der Waals surface area (Å²) in [4.78, 5) is 4.27. The Hall–Kier alpha value is -0.860. The van der Waals surface area contributed by atoms with Crippen LogP contribution in [0.1, 0.15) is 31.2 Å². The van der Waals surface area contributed by atoms with E-state index in [1.54, 1.807) is 7.05 Å². The average Bonchev–Trinajstić information content (AvgIpc) is 2.70. The highest BCUT2D eigenvalue weighted by Crippen LogP contribution is 2.33. The third kappa shape index (κ3) is 2.13. The van der Waals surface area contributed by atoms with E-state index in [-0.39, 0.29) is 0 Å². The zero-order valence-electron chi connectivity index (χ0n) is 9.41. The zero-order valence-corrected chi connectivity index (χ0v) is 10.2. The molecule has 0 spiro atoms. The number of halogens is 1. The van der Waals surface area contributed by atoms with Gasteiger partial charge < -0.3 is 5.11 Å². The molecule has 2 rings (SSSR count). The van der Waals surface area contributed by atoms with Gasteiger partial charge in [0.1, 0.15) is 5.60 Å². The van der Waals surface area contributed by atoms with E-state index >= 15 is 0 Å². The Morgan fingerprint density at radius 3 is 2.31 bits per heavy atom. The summed E-state index contributed by atoms with van der Waals surface area (Å²) in [5.74, 6) is 0. The van der Waals surface area contributed by atoms with Crippen LogP contribution in [-0.4, -0.2) is 23.5 Å². The molecule has 1 N–H and O–H groups in total. The molecule has 0 aromatic heterocycles. The van der Waals surface area contributed by atoms with Crippen LogP contribution >= 0.6 is 11.6 Å². The second-order valence-corrected chi connectivity index (χ2v) is 4.75. The predicted octanol–water partition coefficient (Wildman–Crippen LogP) is 3.06. The molecule has 0 bridgehead atoms. The van der Waals surface area contributed by atoms with Gasteiger partial charge in [-0.05, 0) is 30.5 Å². The predicted molar refractivity (Wildman–Crippen MR) is 67.3 cm³/mol. The molecule has 86 valence electrons. The van der Waals surface area contributed by atoms with Crippen LogP contribution in [0.5, 0.6) is 0 Å². The first-order valence-corrected chi connectivity index (χ1v) is 5.99. The highest BCUT2D eigenvalue weighted by molar-refractivity contribution is 6.30. The van der Waals surface area contributed by atoms with Gasteiger partial charge in [0.05, 0.1) is 5.71 Å². The Balaban J connectivity index is 2.33. The Morgan fingerprint density at radius 1 is 1.25 bits per heavy atom. The van der Waals surface area contributed by atoms with E-state index in [0.717, 1.165) is 37.0 Å². The van der Waals surface area contributed by atoms with Gasteiger partial charge in [0.15, 0.2) is 0 Å². The van der Waals surface area contributed by atoms with Gasteiger partial charge in [0.25, 0.3) is 0 Å². The number of aliphatic hydroxyl groups is 1. The number of nitrogens with zero attached hydrogens (tertiary/aromatic N) is 1. The van der Waals surface area contributed by atoms with Crippen molar-refractivity contribution < 1.29 is 5.11 Å². The molecule has 0 heterocycles. The first-order chi connectivity index (χ1) is 7.65. The zero-order chi connectivity index (χ0) is 11.6. The Bertz CT molecular complexity index is 391. The van der Waals surface area contributed by atoms with Gasteiger partial charge in [0, 0.05) is 12.1 Å². The fourth-order valence-electron chi connectivity index (χ4n) is 2.41. The molecule has 0 saturated heterocycles. The van der Waals surface area contributed by atoms with E-state index in [2.05, 4.69) is 4.99 Å². The van der Waals surface area contributed by atoms with Crippen LogP contribution in [0.4, 0.5) is 0 Å². The molecule has 0 aliphatic heterocycles. The lowest BCUT2D eigenvalue weighted by molar-refractivity contribution is 0.121. The molecular weight excluding hydrogens is 222 g/mol. The minimum absolute atomic E-state index is 0.706. The standard InChI is InChI=1S/C13H16ClNO/c1-15-12(13(16)8-2-3-9-13)10-4-6-11(14)7-5-10/h4-7,16H,2-3,8-9H2,1H3. The molecule has 3 heteroatoms. The van der Waals surface area contributed by atoms with Crippen molar-refractivity contribution in [2.75, 3.05) is 7.05 Å². The molecule has 2 nitrogen and oxygen atoms in total. The molecule has 0 atom stereocenters. The van der Waals surface area contributed by atoms with E-state index in [9.17, 15) is 5.11 Å². The fourth-order valence-corrected chi connectivity index (χ4v) is 2.54. The first kappa shape index (κ1) is 11.6. The molecule has 0 unspecified atom stereocenters. The SMILES string of the molecule is CN=C(c1ccc(Cl)cc1)C1(O)CCCC1. The van der Waals surface area contributed by atoms with Gasteiger partial charge in [-0.15, -0.1) is 0 Å². The van der Waals surface area contributed by atoms with Crippen molar-refractivity contribution in [3.05, 3.63) is 34.9 Å². The number of aliphatic imine (C=N–C) groups is 1. The van der Waals surface area contributed by atoms with Crippen molar-refractivity contribution in [2.45, 2.75) is 31.3 Å². The highest BCUT2D eigenvalue weighted by Gasteiger charge is 2.36. The minimum Gasteiger partial charge on any atom is -0.384 e. The Kier molecular flexibility index (Phi) is 3.31. The molecule has 1 aromatic rings. The topological polar surface area (TPSA) is 32.6 Å². The van der Waals surface area contributed by atoms with Crippen LogP contribution in [0.2, 0.25) is 5.02 Å².